The lowest BCUT2D eigenvalue weighted by atomic mass is 9.64. The second-order valence-corrected chi connectivity index (χ2v) is 16.9. The number of allylic oxidation sites excluding steroid dienone is 4. The molecule has 60 heavy (non-hydrogen) atoms. The molecule has 2 aliphatic carbocycles. The monoisotopic (exact) mass is 849 g/mol. The van der Waals surface area contributed by atoms with Crippen molar-refractivity contribution in [3.05, 3.63) is 82.9 Å². The molecular weight excluding hydrogens is 795 g/mol. The highest BCUT2D eigenvalue weighted by molar-refractivity contribution is 7.80. The predicted octanol–water partition coefficient (Wildman–Crippen LogP) is 3.91. The minimum Gasteiger partial charge on any atom is -0.508 e. The number of aliphatic hydroxyl groups is 2. The zero-order chi connectivity index (χ0) is 44.6. The van der Waals surface area contributed by atoms with Crippen molar-refractivity contribution in [3.8, 4) is 0 Å². The van der Waals surface area contributed by atoms with Crippen LogP contribution in [0.1, 0.15) is 83.1 Å². The van der Waals surface area contributed by atoms with Crippen LogP contribution >= 0.6 is 12.2 Å². The Morgan fingerprint density at radius 2 is 1.58 bits per heavy atom. The number of nitrogens with one attached hydrogen (secondary N) is 5. The van der Waals surface area contributed by atoms with E-state index < -0.39 is 64.7 Å². The highest BCUT2D eigenvalue weighted by Crippen LogP contribution is 2.46. The van der Waals surface area contributed by atoms with E-state index in [2.05, 4.69) is 26.6 Å². The maximum absolute atomic E-state index is 13.7. The van der Waals surface area contributed by atoms with Gasteiger partial charge < -0.3 is 51.7 Å². The standard InChI is InChI=1S/C43H55N5O11S/c1-7-42(5,23-43(6,39(58)46-20-24(2)49)22-41(3,4)37(56)47-21-34(52)53)38(57)44-15-8-16-45-40(60)48-25-9-12-28(31(17-25)36(54)55)35-29-13-10-26(50)18-32(29)59-33-19-27(51)11-14-30(33)35/h9-14,17-19,24,29,32,49-50H,7-8,15-16,20-23H2,1-6H3,(H,44,57)(H,46,58)(H,47,56)(H,52,53)(H,54,55)(H2,45,48,60). The Labute approximate surface area is 354 Å². The van der Waals surface area contributed by atoms with Gasteiger partial charge in [0.05, 0.1) is 11.7 Å². The lowest BCUT2D eigenvalue weighted by Gasteiger charge is -2.41. The van der Waals surface area contributed by atoms with E-state index in [0.717, 1.165) is 0 Å². The van der Waals surface area contributed by atoms with Gasteiger partial charge >= 0.3 is 11.9 Å². The number of thiocarbonyl (C=S) groups is 1. The van der Waals surface area contributed by atoms with Crippen molar-refractivity contribution in [1.82, 2.24) is 21.3 Å². The number of amides is 3. The van der Waals surface area contributed by atoms with Crippen LogP contribution in [0.3, 0.4) is 0 Å². The molecular formula is C43H55N5O11S. The number of hydrogen-bond acceptors (Lipinski definition) is 10. The third kappa shape index (κ3) is 11.7. The summed E-state index contributed by atoms with van der Waals surface area (Å²) in [5, 5.41) is 53.6. The van der Waals surface area contributed by atoms with Crippen LogP contribution < -0.4 is 26.6 Å². The molecule has 3 aliphatic rings. The van der Waals surface area contributed by atoms with Crippen LogP contribution in [0.4, 0.5) is 5.69 Å². The molecule has 16 nitrogen and oxygen atoms in total. The van der Waals surface area contributed by atoms with Gasteiger partial charge in [-0.2, -0.15) is 0 Å². The molecule has 1 aliphatic heterocycles. The number of aliphatic hydroxyl groups excluding tert-OH is 2. The fourth-order valence-electron chi connectivity index (χ4n) is 7.75. The van der Waals surface area contributed by atoms with Crippen molar-refractivity contribution >= 4 is 64.0 Å². The van der Waals surface area contributed by atoms with Gasteiger partial charge in [0.25, 0.3) is 0 Å². The Morgan fingerprint density at radius 3 is 2.23 bits per heavy atom. The summed E-state index contributed by atoms with van der Waals surface area (Å²) in [5.74, 6) is -4.16. The van der Waals surface area contributed by atoms with E-state index in [1.807, 2.05) is 6.92 Å². The Morgan fingerprint density at radius 1 is 0.900 bits per heavy atom. The summed E-state index contributed by atoms with van der Waals surface area (Å²) in [6.45, 7) is 9.90. The van der Waals surface area contributed by atoms with Crippen molar-refractivity contribution in [2.45, 2.75) is 79.4 Å². The molecule has 0 radical (unpaired) electrons. The summed E-state index contributed by atoms with van der Waals surface area (Å²) in [7, 11) is 0. The second-order valence-electron chi connectivity index (χ2n) is 16.5. The number of aliphatic carboxylic acids is 1. The van der Waals surface area contributed by atoms with Crippen molar-refractivity contribution < 1.29 is 53.9 Å². The van der Waals surface area contributed by atoms with Gasteiger partial charge in [-0.25, -0.2) is 4.79 Å². The number of carboxylic acid groups (broad SMARTS) is 2. The van der Waals surface area contributed by atoms with Crippen molar-refractivity contribution in [1.29, 1.82) is 0 Å². The highest BCUT2D eigenvalue weighted by atomic mass is 32.1. The number of hydrogen-bond donors (Lipinski definition) is 9. The van der Waals surface area contributed by atoms with Crippen LogP contribution in [-0.2, 0) is 28.7 Å². The average molecular weight is 850 g/mol. The zero-order valence-corrected chi connectivity index (χ0v) is 35.5. The van der Waals surface area contributed by atoms with Gasteiger partial charge in [-0.1, -0.05) is 46.8 Å². The molecule has 1 aromatic rings. The minimum atomic E-state index is -1.27. The van der Waals surface area contributed by atoms with Crippen LogP contribution in [0, 0.1) is 22.2 Å². The predicted molar refractivity (Wildman–Crippen MR) is 227 cm³/mol. The van der Waals surface area contributed by atoms with E-state index >= 15 is 0 Å². The van der Waals surface area contributed by atoms with Crippen molar-refractivity contribution in [2.75, 3.05) is 31.5 Å². The van der Waals surface area contributed by atoms with Crippen LogP contribution in [0.5, 0.6) is 0 Å². The second kappa shape index (κ2) is 19.5. The first-order valence-corrected chi connectivity index (χ1v) is 20.1. The molecule has 0 bridgehead atoms. The molecule has 0 fully saturated rings. The number of carbonyl (C=O) groups is 6. The van der Waals surface area contributed by atoms with Crippen LogP contribution in [0.25, 0.3) is 5.57 Å². The average Bonchev–Trinajstić information content (AvgIpc) is 3.17. The molecule has 0 spiro atoms. The lowest BCUT2D eigenvalue weighted by molar-refractivity contribution is -0.144. The van der Waals surface area contributed by atoms with Crippen LogP contribution in [-0.4, -0.2) is 99.4 Å². The number of anilines is 1. The van der Waals surface area contributed by atoms with Crippen molar-refractivity contribution in [2.24, 2.45) is 22.2 Å². The van der Waals surface area contributed by atoms with Gasteiger partial charge in [-0.3, -0.25) is 24.0 Å². The fourth-order valence-corrected chi connectivity index (χ4v) is 7.97. The number of rotatable bonds is 19. The molecule has 324 valence electrons. The molecule has 1 heterocycles. The van der Waals surface area contributed by atoms with Gasteiger partial charge in [0.2, 0.25) is 17.7 Å². The summed E-state index contributed by atoms with van der Waals surface area (Å²) >= 11 is 5.49. The van der Waals surface area contributed by atoms with Gasteiger partial charge in [-0.05, 0) is 92.4 Å². The number of carbonyl (C=O) groups excluding carboxylic acids is 4. The third-order valence-corrected chi connectivity index (χ3v) is 11.0. The number of benzene rings is 1. The molecule has 17 heteroatoms. The molecule has 5 unspecified atom stereocenters. The number of ketones is 1. The quantitative estimate of drug-likeness (QED) is 0.0708. The Balaban J connectivity index is 1.39. The summed E-state index contributed by atoms with van der Waals surface area (Å²) in [6, 6.07) is 4.80. The minimum absolute atomic E-state index is 0.00569. The first-order chi connectivity index (χ1) is 28.1. The maximum atomic E-state index is 13.7. The number of ether oxygens (including phenoxy) is 1. The van der Waals surface area contributed by atoms with E-state index in [-0.39, 0.29) is 59.8 Å². The van der Waals surface area contributed by atoms with Crippen molar-refractivity contribution in [3.63, 3.8) is 0 Å². The summed E-state index contributed by atoms with van der Waals surface area (Å²) in [5.41, 5.74) is -1.54. The number of carboxylic acids is 2. The van der Waals surface area contributed by atoms with Crippen LogP contribution in [0.2, 0.25) is 0 Å². The molecule has 4 rings (SSSR count). The summed E-state index contributed by atoms with van der Waals surface area (Å²) in [4.78, 5) is 76.2. The molecule has 9 N–H and O–H groups in total. The molecule has 0 aromatic heterocycles. The molecule has 3 amide bonds. The summed E-state index contributed by atoms with van der Waals surface area (Å²) in [6.07, 6.45) is 8.43. The van der Waals surface area contributed by atoms with E-state index in [0.29, 0.717) is 41.8 Å². The number of aromatic carboxylic acids is 1. The first kappa shape index (κ1) is 46.9. The van der Waals surface area contributed by atoms with E-state index in [1.165, 1.54) is 37.3 Å². The molecule has 0 saturated heterocycles. The molecule has 5 atom stereocenters. The Kier molecular flexibility index (Phi) is 15.2. The van der Waals surface area contributed by atoms with Gasteiger partial charge in [0.1, 0.15) is 24.2 Å². The lowest BCUT2D eigenvalue weighted by Crippen LogP contribution is -2.51. The zero-order valence-electron chi connectivity index (χ0n) is 34.6. The van der Waals surface area contributed by atoms with Gasteiger partial charge in [-0.15, -0.1) is 0 Å². The smallest absolute Gasteiger partial charge is 0.336 e. The largest absolute Gasteiger partial charge is 0.508 e. The SMILES string of the molecule is CCC(C)(CC(C)(CC(C)(C)C(=O)NCC(=O)O)C(=O)NCC(C)O)C(=O)NCCCNC(=S)Nc1ccc(C2=C3C=CC(=O)C=C3OC3C=C(O)C=CC23)c(C(=O)O)c1. The summed E-state index contributed by atoms with van der Waals surface area (Å²) < 4.78 is 6.02. The van der Waals surface area contributed by atoms with E-state index in [9.17, 15) is 44.1 Å². The topological polar surface area (TPSA) is 253 Å². The van der Waals surface area contributed by atoms with Gasteiger partial charge in [0, 0.05) is 59.1 Å². The fraction of sp³-hybridized carbons (Fsp3) is 0.465. The molecule has 1 aromatic carbocycles. The Bertz CT molecular complexity index is 2070. The first-order valence-electron chi connectivity index (χ1n) is 19.7. The number of fused-ring (bicyclic) bond motifs is 2. The highest BCUT2D eigenvalue weighted by Gasteiger charge is 2.48. The van der Waals surface area contributed by atoms with Crippen LogP contribution in [0.15, 0.2) is 71.7 Å². The maximum Gasteiger partial charge on any atom is 0.336 e. The Hall–Kier alpha value is -5.81. The van der Waals surface area contributed by atoms with E-state index in [4.69, 9.17) is 22.1 Å². The third-order valence-electron chi connectivity index (χ3n) is 10.8. The van der Waals surface area contributed by atoms with E-state index in [1.54, 1.807) is 52.0 Å². The van der Waals surface area contributed by atoms with Gasteiger partial charge in [0.15, 0.2) is 10.9 Å². The molecule has 0 saturated carbocycles. The normalized spacial score (nSPS) is 19.4.